The van der Waals surface area contributed by atoms with Crippen LogP contribution in [0.2, 0.25) is 5.02 Å². The molecule has 0 radical (unpaired) electrons. The molecule has 0 spiro atoms. The number of carbonyl (C=O) groups is 2. The number of ether oxygens (including phenoxy) is 1. The minimum Gasteiger partial charge on any atom is -0.495 e. The van der Waals surface area contributed by atoms with Crippen LogP contribution in [-0.2, 0) is 0 Å². The van der Waals surface area contributed by atoms with Crippen LogP contribution in [0.25, 0.3) is 0 Å². The summed E-state index contributed by atoms with van der Waals surface area (Å²) in [6, 6.07) is 9.63. The average Bonchev–Trinajstić information content (AvgIpc) is 2.60. The highest BCUT2D eigenvalue weighted by Crippen LogP contribution is 2.27. The minimum absolute atomic E-state index is 0.143. The van der Waals surface area contributed by atoms with Crippen molar-refractivity contribution in [2.75, 3.05) is 19.0 Å². The van der Waals surface area contributed by atoms with Gasteiger partial charge in [-0.15, -0.1) is 0 Å². The second kappa shape index (κ2) is 8.48. The highest BCUT2D eigenvalue weighted by Gasteiger charge is 2.13. The molecule has 1 aromatic carbocycles. The molecule has 1 aromatic heterocycles. The molecule has 0 fully saturated rings. The first-order chi connectivity index (χ1) is 11.9. The second-order valence-corrected chi connectivity index (χ2v) is 6.22. The molecule has 0 saturated heterocycles. The van der Waals surface area contributed by atoms with Gasteiger partial charge in [0, 0.05) is 12.2 Å². The standard InChI is InChI=1S/C18H20ClN3O3/c1-11(2)10-20-17(23)14-5-4-6-15(22-14)18(24)21-12-7-8-16(25-3)13(19)9-12/h4-9,11H,10H2,1-3H3,(H,20,23)(H,21,24). The number of amides is 2. The number of benzene rings is 1. The van der Waals surface area contributed by atoms with E-state index in [1.807, 2.05) is 13.8 Å². The van der Waals surface area contributed by atoms with Gasteiger partial charge < -0.3 is 15.4 Å². The van der Waals surface area contributed by atoms with Crippen molar-refractivity contribution in [2.24, 2.45) is 5.92 Å². The lowest BCUT2D eigenvalue weighted by molar-refractivity contribution is 0.0944. The SMILES string of the molecule is COc1ccc(NC(=O)c2cccc(C(=O)NCC(C)C)n2)cc1Cl. The molecular formula is C18H20ClN3O3. The maximum Gasteiger partial charge on any atom is 0.274 e. The van der Waals surface area contributed by atoms with E-state index in [4.69, 9.17) is 16.3 Å². The predicted octanol–water partition coefficient (Wildman–Crippen LogP) is 3.38. The fraction of sp³-hybridized carbons (Fsp3) is 0.278. The molecule has 25 heavy (non-hydrogen) atoms. The number of anilines is 1. The summed E-state index contributed by atoms with van der Waals surface area (Å²) in [6.45, 7) is 4.54. The van der Waals surface area contributed by atoms with Gasteiger partial charge in [0.25, 0.3) is 11.8 Å². The molecule has 0 aliphatic heterocycles. The number of nitrogens with one attached hydrogen (secondary N) is 2. The summed E-state index contributed by atoms with van der Waals surface area (Å²) in [6.07, 6.45) is 0. The van der Waals surface area contributed by atoms with Crippen LogP contribution in [-0.4, -0.2) is 30.5 Å². The van der Waals surface area contributed by atoms with Crippen LogP contribution in [0, 0.1) is 5.92 Å². The van der Waals surface area contributed by atoms with Gasteiger partial charge in [-0.25, -0.2) is 4.98 Å². The third-order valence-electron chi connectivity index (χ3n) is 3.29. The number of pyridine rings is 1. The fourth-order valence-electron chi connectivity index (χ4n) is 2.01. The number of halogens is 1. The Morgan fingerprint density at radius 3 is 2.44 bits per heavy atom. The lowest BCUT2D eigenvalue weighted by Crippen LogP contribution is -2.28. The quantitative estimate of drug-likeness (QED) is 0.826. The van der Waals surface area contributed by atoms with E-state index in [1.165, 1.54) is 7.11 Å². The van der Waals surface area contributed by atoms with Crippen molar-refractivity contribution in [3.05, 3.63) is 52.8 Å². The first-order valence-corrected chi connectivity index (χ1v) is 8.18. The topological polar surface area (TPSA) is 80.3 Å². The Morgan fingerprint density at radius 1 is 1.16 bits per heavy atom. The molecule has 2 N–H and O–H groups in total. The van der Waals surface area contributed by atoms with Gasteiger partial charge in [-0.2, -0.15) is 0 Å². The van der Waals surface area contributed by atoms with Crippen molar-refractivity contribution >= 4 is 29.1 Å². The minimum atomic E-state index is -0.431. The van der Waals surface area contributed by atoms with Gasteiger partial charge in [0.1, 0.15) is 17.1 Å². The molecule has 0 unspecified atom stereocenters. The molecule has 2 rings (SSSR count). The van der Waals surface area contributed by atoms with E-state index in [9.17, 15) is 9.59 Å². The highest BCUT2D eigenvalue weighted by molar-refractivity contribution is 6.32. The molecule has 132 valence electrons. The summed E-state index contributed by atoms with van der Waals surface area (Å²) < 4.78 is 5.07. The van der Waals surface area contributed by atoms with Crippen molar-refractivity contribution < 1.29 is 14.3 Å². The second-order valence-electron chi connectivity index (χ2n) is 5.82. The Kier molecular flexibility index (Phi) is 6.36. The number of methoxy groups -OCH3 is 1. The molecular weight excluding hydrogens is 342 g/mol. The Labute approximate surface area is 151 Å². The smallest absolute Gasteiger partial charge is 0.274 e. The first kappa shape index (κ1) is 18.7. The summed E-state index contributed by atoms with van der Waals surface area (Å²) in [5.74, 6) is 0.104. The molecule has 0 atom stereocenters. The molecule has 1 heterocycles. The number of rotatable bonds is 6. The average molecular weight is 362 g/mol. The van der Waals surface area contributed by atoms with E-state index in [0.717, 1.165) is 0 Å². The van der Waals surface area contributed by atoms with Gasteiger partial charge in [-0.05, 0) is 36.2 Å². The Balaban J connectivity index is 2.10. The maximum absolute atomic E-state index is 12.3. The number of carbonyl (C=O) groups excluding carboxylic acids is 2. The zero-order valence-corrected chi connectivity index (χ0v) is 15.1. The Morgan fingerprint density at radius 2 is 1.84 bits per heavy atom. The van der Waals surface area contributed by atoms with Gasteiger partial charge >= 0.3 is 0 Å². The summed E-state index contributed by atoms with van der Waals surface area (Å²) >= 11 is 6.04. The monoisotopic (exact) mass is 361 g/mol. The van der Waals surface area contributed by atoms with Crippen molar-refractivity contribution in [1.29, 1.82) is 0 Å². The zero-order valence-electron chi connectivity index (χ0n) is 14.3. The molecule has 0 aliphatic carbocycles. The summed E-state index contributed by atoms with van der Waals surface area (Å²) in [5.41, 5.74) is 0.845. The largest absolute Gasteiger partial charge is 0.495 e. The van der Waals surface area contributed by atoms with E-state index >= 15 is 0 Å². The van der Waals surface area contributed by atoms with Gasteiger partial charge in [0.05, 0.1) is 12.1 Å². The molecule has 2 aromatic rings. The van der Waals surface area contributed by atoms with Crippen LogP contribution in [0.15, 0.2) is 36.4 Å². The van der Waals surface area contributed by atoms with Crippen molar-refractivity contribution in [3.63, 3.8) is 0 Å². The predicted molar refractivity (Wildman–Crippen MR) is 97.4 cm³/mol. The number of hydrogen-bond acceptors (Lipinski definition) is 4. The Bertz CT molecular complexity index is 778. The third-order valence-corrected chi connectivity index (χ3v) is 3.59. The first-order valence-electron chi connectivity index (χ1n) is 7.81. The van der Waals surface area contributed by atoms with Gasteiger partial charge in [-0.1, -0.05) is 31.5 Å². The number of nitrogens with zero attached hydrogens (tertiary/aromatic N) is 1. The van der Waals surface area contributed by atoms with Crippen molar-refractivity contribution in [2.45, 2.75) is 13.8 Å². The molecule has 0 bridgehead atoms. The third kappa shape index (κ3) is 5.19. The van der Waals surface area contributed by atoms with Crippen LogP contribution in [0.5, 0.6) is 5.75 Å². The summed E-state index contributed by atoms with van der Waals surface area (Å²) in [5, 5.41) is 5.85. The van der Waals surface area contributed by atoms with Gasteiger partial charge in [0.15, 0.2) is 0 Å². The van der Waals surface area contributed by atoms with E-state index in [1.54, 1.807) is 36.4 Å². The van der Waals surface area contributed by atoms with E-state index in [0.29, 0.717) is 28.9 Å². The lowest BCUT2D eigenvalue weighted by Gasteiger charge is -2.09. The summed E-state index contributed by atoms with van der Waals surface area (Å²) in [7, 11) is 1.51. The van der Waals surface area contributed by atoms with Crippen LogP contribution >= 0.6 is 11.6 Å². The van der Waals surface area contributed by atoms with E-state index in [-0.39, 0.29) is 17.3 Å². The normalized spacial score (nSPS) is 10.4. The van der Waals surface area contributed by atoms with E-state index in [2.05, 4.69) is 15.6 Å². The molecule has 7 heteroatoms. The molecule has 0 aliphatic rings. The summed E-state index contributed by atoms with van der Waals surface area (Å²) in [4.78, 5) is 28.5. The lowest BCUT2D eigenvalue weighted by atomic mass is 10.2. The van der Waals surface area contributed by atoms with Crippen molar-refractivity contribution in [1.82, 2.24) is 10.3 Å². The zero-order chi connectivity index (χ0) is 18.4. The fourth-order valence-corrected chi connectivity index (χ4v) is 2.27. The van der Waals surface area contributed by atoms with Crippen LogP contribution in [0.1, 0.15) is 34.8 Å². The van der Waals surface area contributed by atoms with Crippen LogP contribution < -0.4 is 15.4 Å². The highest BCUT2D eigenvalue weighted by atomic mass is 35.5. The van der Waals surface area contributed by atoms with Crippen molar-refractivity contribution in [3.8, 4) is 5.75 Å². The Hall–Kier alpha value is -2.60. The van der Waals surface area contributed by atoms with Crippen LogP contribution in [0.4, 0.5) is 5.69 Å². The molecule has 2 amide bonds. The molecule has 0 saturated carbocycles. The van der Waals surface area contributed by atoms with E-state index < -0.39 is 5.91 Å². The molecule has 6 nitrogen and oxygen atoms in total. The number of hydrogen-bond donors (Lipinski definition) is 2. The van der Waals surface area contributed by atoms with Crippen LogP contribution in [0.3, 0.4) is 0 Å². The van der Waals surface area contributed by atoms with Gasteiger partial charge in [0.2, 0.25) is 0 Å². The number of aromatic nitrogens is 1. The van der Waals surface area contributed by atoms with Gasteiger partial charge in [-0.3, -0.25) is 9.59 Å². The maximum atomic E-state index is 12.3.